The van der Waals surface area contributed by atoms with Gasteiger partial charge in [-0.2, -0.15) is 0 Å². The number of carbonyl (C=O) groups excluding carboxylic acids is 3. The van der Waals surface area contributed by atoms with E-state index in [4.69, 9.17) is 10.5 Å². The van der Waals surface area contributed by atoms with Crippen LogP contribution in [0.1, 0.15) is 77.3 Å². The number of likely N-dealkylation sites (N-methyl/N-ethyl adjacent to an activating group) is 1. The number of Topliss-reactive ketones (excluding diaryl/α,β-unsaturated/α-hetero) is 1. The zero-order valence-corrected chi connectivity index (χ0v) is 22.5. The summed E-state index contributed by atoms with van der Waals surface area (Å²) >= 11 is 0. The Kier molecular flexibility index (Phi) is 7.91. The number of nitrogens with one attached hydrogen (secondary N) is 1. The van der Waals surface area contributed by atoms with Gasteiger partial charge in [0.15, 0.2) is 5.78 Å². The average Bonchev–Trinajstić information content (AvgIpc) is 2.84. The zero-order valence-electron chi connectivity index (χ0n) is 22.5. The molecule has 4 rings (SSSR count). The molecule has 6 atom stereocenters. The van der Waals surface area contributed by atoms with Crippen molar-refractivity contribution in [1.29, 1.82) is 0 Å². The van der Waals surface area contributed by atoms with E-state index in [1.807, 2.05) is 19.9 Å². The molecular weight excluding hydrogens is 454 g/mol. The van der Waals surface area contributed by atoms with Crippen molar-refractivity contribution in [3.63, 3.8) is 0 Å². The topological polar surface area (TPSA) is 102 Å². The molecule has 36 heavy (non-hydrogen) atoms. The molecule has 2 aliphatic carbocycles. The summed E-state index contributed by atoms with van der Waals surface area (Å²) in [5.74, 6) is -0.401. The third-order valence-corrected chi connectivity index (χ3v) is 9.09. The summed E-state index contributed by atoms with van der Waals surface area (Å²) in [5.41, 5.74) is 8.55. The first kappa shape index (κ1) is 26.8. The smallest absolute Gasteiger partial charge is 0.315 e. The van der Waals surface area contributed by atoms with E-state index < -0.39 is 24.0 Å². The van der Waals surface area contributed by atoms with Crippen molar-refractivity contribution < 1.29 is 19.1 Å². The fourth-order valence-corrected chi connectivity index (χ4v) is 6.84. The summed E-state index contributed by atoms with van der Waals surface area (Å²) in [4.78, 5) is 40.5. The first-order chi connectivity index (χ1) is 17.0. The number of esters is 1. The minimum absolute atomic E-state index is 0.0157. The number of amides is 1. The molecule has 7 nitrogen and oxygen atoms in total. The van der Waals surface area contributed by atoms with Crippen molar-refractivity contribution in [1.82, 2.24) is 10.2 Å². The van der Waals surface area contributed by atoms with Gasteiger partial charge in [0.25, 0.3) is 0 Å². The number of rotatable bonds is 8. The fourth-order valence-electron chi connectivity index (χ4n) is 6.84. The Morgan fingerprint density at radius 1 is 1.17 bits per heavy atom. The summed E-state index contributed by atoms with van der Waals surface area (Å²) < 4.78 is 5.93. The van der Waals surface area contributed by atoms with Gasteiger partial charge in [-0.1, -0.05) is 32.8 Å². The van der Waals surface area contributed by atoms with E-state index in [1.165, 1.54) is 36.8 Å². The number of ketones is 1. The molecule has 3 unspecified atom stereocenters. The molecule has 1 heterocycles. The maximum Gasteiger partial charge on any atom is 0.315 e. The van der Waals surface area contributed by atoms with Gasteiger partial charge in [0.1, 0.15) is 5.75 Å². The van der Waals surface area contributed by atoms with Gasteiger partial charge in [0.05, 0.1) is 18.0 Å². The summed E-state index contributed by atoms with van der Waals surface area (Å²) in [5, 5.41) is 2.63. The minimum atomic E-state index is -0.707. The maximum atomic E-state index is 13.3. The highest BCUT2D eigenvalue weighted by molar-refractivity contribution is 5.92. The van der Waals surface area contributed by atoms with Crippen LogP contribution in [0, 0.1) is 17.8 Å². The van der Waals surface area contributed by atoms with Crippen LogP contribution in [-0.4, -0.2) is 54.3 Å². The van der Waals surface area contributed by atoms with Gasteiger partial charge in [-0.15, -0.1) is 0 Å². The van der Waals surface area contributed by atoms with E-state index in [2.05, 4.69) is 29.4 Å². The van der Waals surface area contributed by atoms with Crippen molar-refractivity contribution in [2.75, 3.05) is 13.6 Å². The highest BCUT2D eigenvalue weighted by Crippen LogP contribution is 2.56. The summed E-state index contributed by atoms with van der Waals surface area (Å²) in [6.07, 6.45) is 7.26. The molecule has 1 aromatic rings. The first-order valence-corrected chi connectivity index (χ1v) is 13.7. The Morgan fingerprint density at radius 3 is 2.61 bits per heavy atom. The molecule has 198 valence electrons. The lowest BCUT2D eigenvalue weighted by Crippen LogP contribution is -2.59. The summed E-state index contributed by atoms with van der Waals surface area (Å²) in [6, 6.07) is 5.38. The van der Waals surface area contributed by atoms with Crippen LogP contribution in [0.3, 0.4) is 0 Å². The molecule has 0 aromatic heterocycles. The van der Waals surface area contributed by atoms with E-state index >= 15 is 0 Å². The maximum absolute atomic E-state index is 13.3. The largest absolute Gasteiger partial charge is 0.426 e. The van der Waals surface area contributed by atoms with Gasteiger partial charge < -0.3 is 20.7 Å². The Balaban J connectivity index is 1.51. The molecule has 3 N–H and O–H groups in total. The van der Waals surface area contributed by atoms with E-state index in [1.54, 1.807) is 13.8 Å². The second kappa shape index (κ2) is 10.6. The fraction of sp³-hybridized carbons (Fsp3) is 0.690. The molecule has 1 saturated carbocycles. The lowest BCUT2D eigenvalue weighted by molar-refractivity contribution is -0.143. The number of nitrogens with zero attached hydrogens (tertiary/aromatic N) is 1. The Bertz CT molecular complexity index is 1010. The Morgan fingerprint density at radius 2 is 1.92 bits per heavy atom. The van der Waals surface area contributed by atoms with Gasteiger partial charge in [-0.3, -0.25) is 14.4 Å². The summed E-state index contributed by atoms with van der Waals surface area (Å²) in [7, 11) is 2.26. The van der Waals surface area contributed by atoms with Crippen LogP contribution in [0.4, 0.5) is 0 Å². The monoisotopic (exact) mass is 497 g/mol. The van der Waals surface area contributed by atoms with Crippen LogP contribution >= 0.6 is 0 Å². The van der Waals surface area contributed by atoms with Crippen molar-refractivity contribution in [2.24, 2.45) is 23.5 Å². The van der Waals surface area contributed by atoms with Gasteiger partial charge in [0, 0.05) is 17.9 Å². The highest BCUT2D eigenvalue weighted by Gasteiger charge is 2.53. The first-order valence-electron chi connectivity index (χ1n) is 13.7. The average molecular weight is 498 g/mol. The van der Waals surface area contributed by atoms with Crippen LogP contribution in [-0.2, 0) is 26.2 Å². The van der Waals surface area contributed by atoms with Gasteiger partial charge in [0.2, 0.25) is 5.91 Å². The lowest BCUT2D eigenvalue weighted by Gasteiger charge is -2.58. The molecule has 3 aliphatic rings. The molecule has 1 aromatic carbocycles. The van der Waals surface area contributed by atoms with E-state index in [-0.39, 0.29) is 29.4 Å². The van der Waals surface area contributed by atoms with Crippen molar-refractivity contribution in [3.05, 3.63) is 29.3 Å². The molecule has 0 radical (unpaired) electrons. The van der Waals surface area contributed by atoms with E-state index in [0.29, 0.717) is 17.7 Å². The zero-order chi connectivity index (χ0) is 26.2. The molecule has 1 amide bonds. The number of nitrogens with two attached hydrogens (primary N) is 1. The summed E-state index contributed by atoms with van der Waals surface area (Å²) in [6.45, 7) is 8.15. The Labute approximate surface area is 215 Å². The molecule has 1 aliphatic heterocycles. The number of benzene rings is 1. The number of hydrogen-bond acceptors (Lipinski definition) is 6. The van der Waals surface area contributed by atoms with Crippen LogP contribution < -0.4 is 15.8 Å². The normalized spacial score (nSPS) is 27.9. The molecule has 2 fully saturated rings. The van der Waals surface area contributed by atoms with Crippen molar-refractivity contribution >= 4 is 17.7 Å². The van der Waals surface area contributed by atoms with Gasteiger partial charge in [-0.25, -0.2) is 0 Å². The van der Waals surface area contributed by atoms with Crippen LogP contribution in [0.2, 0.25) is 0 Å². The van der Waals surface area contributed by atoms with E-state index in [0.717, 1.165) is 19.4 Å². The number of ether oxygens (including phenoxy) is 1. The lowest BCUT2D eigenvalue weighted by atomic mass is 9.52. The third-order valence-electron chi connectivity index (χ3n) is 9.09. The van der Waals surface area contributed by atoms with E-state index in [9.17, 15) is 14.4 Å². The SMILES string of the molecule is CC(N)C(=O)NC(C)C(=O)CC(C(=O)Oc1ccc2c(c1)[C@@]13CCCC[C@H]1[C@@H](C2)N(C)CC3)C(C)C. The highest BCUT2D eigenvalue weighted by atomic mass is 16.5. The van der Waals surface area contributed by atoms with Gasteiger partial charge >= 0.3 is 5.97 Å². The molecule has 2 bridgehead atoms. The van der Waals surface area contributed by atoms with Crippen molar-refractivity contribution in [3.8, 4) is 5.75 Å². The molecule has 1 saturated heterocycles. The number of hydrogen-bond donors (Lipinski definition) is 2. The second-order valence-corrected chi connectivity index (χ2v) is 11.8. The number of piperidine rings is 1. The predicted octanol–water partition coefficient (Wildman–Crippen LogP) is 3.36. The quantitative estimate of drug-likeness (QED) is 0.422. The Hall–Kier alpha value is -2.25. The van der Waals surface area contributed by atoms with Gasteiger partial charge in [-0.05, 0) is 88.2 Å². The second-order valence-electron chi connectivity index (χ2n) is 11.8. The van der Waals surface area contributed by atoms with Crippen molar-refractivity contribution in [2.45, 2.75) is 96.2 Å². The number of fused-ring (bicyclic) bond motifs is 1. The third kappa shape index (κ3) is 5.10. The number of carbonyl (C=O) groups is 3. The van der Waals surface area contributed by atoms with Crippen LogP contribution in [0.15, 0.2) is 18.2 Å². The molecular formula is C29H43N3O4. The molecule has 7 heteroatoms. The van der Waals surface area contributed by atoms with Crippen LogP contribution in [0.25, 0.3) is 0 Å². The van der Waals surface area contributed by atoms with Crippen LogP contribution in [0.5, 0.6) is 5.75 Å². The number of likely N-dealkylation sites (tertiary alicyclic amines) is 1. The standard InChI is InChI=1S/C29H43N3O4/c1-17(2)22(16-26(33)19(4)31-27(34)18(3)30)28(35)36-21-10-9-20-14-25-23-8-6-7-11-29(23,24(20)15-21)12-13-32(25)5/h9-10,15,17-19,22-23,25H,6-8,11-14,16,30H2,1-5H3,(H,31,34)/t18?,19?,22?,23-,25+,29+/m0/s1. The predicted molar refractivity (Wildman–Crippen MR) is 140 cm³/mol. The minimum Gasteiger partial charge on any atom is -0.426 e. The molecule has 0 spiro atoms.